The molecule has 0 aliphatic carbocycles. The van der Waals surface area contributed by atoms with E-state index in [-0.39, 0.29) is 26.4 Å². The van der Waals surface area contributed by atoms with Crippen LogP contribution in [0.2, 0.25) is 15.1 Å². The van der Waals surface area contributed by atoms with Gasteiger partial charge in [0.25, 0.3) is 17.5 Å². The van der Waals surface area contributed by atoms with Crippen LogP contribution in [0.25, 0.3) is 0 Å². The van der Waals surface area contributed by atoms with Gasteiger partial charge in [-0.3, -0.25) is 24.5 Å². The number of hydrogen-bond acceptors (Lipinski definition) is 7. The molecule has 0 saturated carbocycles. The third-order valence-corrected chi connectivity index (χ3v) is 4.04. The van der Waals surface area contributed by atoms with Crippen molar-refractivity contribution in [2.45, 2.75) is 0 Å². The number of amides is 2. The van der Waals surface area contributed by atoms with E-state index in [2.05, 4.69) is 15.6 Å². The van der Waals surface area contributed by atoms with Crippen LogP contribution >= 0.6 is 34.8 Å². The van der Waals surface area contributed by atoms with Crippen LogP contribution in [0.5, 0.6) is 0 Å². The van der Waals surface area contributed by atoms with Gasteiger partial charge < -0.3 is 15.4 Å². The van der Waals surface area contributed by atoms with Crippen molar-refractivity contribution in [1.29, 1.82) is 0 Å². The Bertz CT molecular complexity index is 985. The van der Waals surface area contributed by atoms with Crippen molar-refractivity contribution in [3.8, 4) is 0 Å². The first-order chi connectivity index (χ1) is 13.7. The Hall–Kier alpha value is -2.95. The van der Waals surface area contributed by atoms with Gasteiger partial charge in [0.15, 0.2) is 12.4 Å². The van der Waals surface area contributed by atoms with Crippen LogP contribution in [0.15, 0.2) is 30.5 Å². The van der Waals surface area contributed by atoms with Gasteiger partial charge in [-0.2, -0.15) is 0 Å². The summed E-state index contributed by atoms with van der Waals surface area (Å²) in [5.41, 5.74) is -0.525. The monoisotopic (exact) mass is 460 g/mol. The van der Waals surface area contributed by atoms with Gasteiger partial charge in [0, 0.05) is 17.8 Å². The Kier molecular flexibility index (Phi) is 7.71. The van der Waals surface area contributed by atoms with Crippen LogP contribution in [0.1, 0.15) is 10.4 Å². The number of halogens is 3. The molecule has 0 spiro atoms. The van der Waals surface area contributed by atoms with E-state index < -0.39 is 41.5 Å². The van der Waals surface area contributed by atoms with Gasteiger partial charge in [-0.15, -0.1) is 0 Å². The maximum Gasteiger partial charge on any atom is 0.325 e. The van der Waals surface area contributed by atoms with E-state index in [4.69, 9.17) is 39.5 Å². The Labute approximate surface area is 178 Å². The number of anilines is 1. The molecule has 0 bridgehead atoms. The predicted octanol–water partition coefficient (Wildman–Crippen LogP) is 2.86. The highest BCUT2D eigenvalue weighted by molar-refractivity contribution is 6.36. The van der Waals surface area contributed by atoms with Crippen LogP contribution in [0.4, 0.5) is 11.5 Å². The summed E-state index contributed by atoms with van der Waals surface area (Å²) in [5, 5.41) is 15.6. The number of nitro groups is 1. The Morgan fingerprint density at radius 2 is 1.86 bits per heavy atom. The van der Waals surface area contributed by atoms with E-state index in [0.717, 1.165) is 6.07 Å². The van der Waals surface area contributed by atoms with E-state index in [1.165, 1.54) is 24.4 Å². The van der Waals surface area contributed by atoms with Crippen LogP contribution in [0, 0.1) is 10.1 Å². The summed E-state index contributed by atoms with van der Waals surface area (Å²) in [6.07, 6.45) is 1.27. The number of nitrogens with zero attached hydrogens (tertiary/aromatic N) is 2. The van der Waals surface area contributed by atoms with Crippen molar-refractivity contribution in [3.05, 3.63) is 61.2 Å². The highest BCUT2D eigenvalue weighted by Gasteiger charge is 2.17. The van der Waals surface area contributed by atoms with E-state index in [1.807, 2.05) is 0 Å². The number of aromatic nitrogens is 1. The molecule has 1 aromatic heterocycles. The average Bonchev–Trinajstić information content (AvgIpc) is 2.66. The van der Waals surface area contributed by atoms with E-state index >= 15 is 0 Å². The van der Waals surface area contributed by atoms with Crippen molar-refractivity contribution in [2.75, 3.05) is 18.5 Å². The van der Waals surface area contributed by atoms with Crippen molar-refractivity contribution in [1.82, 2.24) is 10.3 Å². The van der Waals surface area contributed by atoms with E-state index in [1.54, 1.807) is 0 Å². The fraction of sp³-hybridized carbons (Fsp3) is 0.125. The smallest absolute Gasteiger partial charge is 0.325 e. The molecule has 10 nitrogen and oxygen atoms in total. The van der Waals surface area contributed by atoms with Crippen molar-refractivity contribution in [2.24, 2.45) is 0 Å². The third kappa shape index (κ3) is 6.56. The van der Waals surface area contributed by atoms with Crippen LogP contribution in [-0.2, 0) is 14.3 Å². The first-order valence-electron chi connectivity index (χ1n) is 7.66. The molecule has 2 amide bonds. The first-order valence-corrected chi connectivity index (χ1v) is 8.79. The zero-order valence-corrected chi connectivity index (χ0v) is 16.5. The number of benzene rings is 1. The summed E-state index contributed by atoms with van der Waals surface area (Å²) >= 11 is 17.2. The topological polar surface area (TPSA) is 141 Å². The Balaban J connectivity index is 1.82. The highest BCUT2D eigenvalue weighted by atomic mass is 35.5. The van der Waals surface area contributed by atoms with Crippen molar-refractivity contribution >= 4 is 64.1 Å². The largest absolute Gasteiger partial charge is 0.454 e. The summed E-state index contributed by atoms with van der Waals surface area (Å²) in [5.74, 6) is -2.35. The number of nitrogens with one attached hydrogen (secondary N) is 2. The zero-order chi connectivity index (χ0) is 21.6. The summed E-state index contributed by atoms with van der Waals surface area (Å²) in [4.78, 5) is 49.3. The molecule has 1 heterocycles. The predicted molar refractivity (Wildman–Crippen MR) is 104 cm³/mol. The third-order valence-electron chi connectivity index (χ3n) is 3.23. The molecule has 2 aromatic rings. The lowest BCUT2D eigenvalue weighted by Crippen LogP contribution is -2.32. The average molecular weight is 462 g/mol. The maximum atomic E-state index is 12.0. The fourth-order valence-corrected chi connectivity index (χ4v) is 2.53. The molecular weight excluding hydrogens is 451 g/mol. The Morgan fingerprint density at radius 3 is 2.52 bits per heavy atom. The van der Waals surface area contributed by atoms with Gasteiger partial charge in [-0.05, 0) is 18.2 Å². The van der Waals surface area contributed by atoms with Gasteiger partial charge in [0.05, 0.1) is 15.0 Å². The number of pyridine rings is 1. The molecule has 0 unspecified atom stereocenters. The molecular formula is C16H11Cl3N4O6. The quantitative estimate of drug-likeness (QED) is 0.367. The number of rotatable bonds is 7. The first kappa shape index (κ1) is 22.3. The number of carbonyl (C=O) groups is 3. The second kappa shape index (κ2) is 10.0. The number of hydrogen-bond donors (Lipinski definition) is 2. The Morgan fingerprint density at radius 1 is 1.14 bits per heavy atom. The number of nitro benzene ring substituents is 1. The summed E-state index contributed by atoms with van der Waals surface area (Å²) < 4.78 is 4.72. The summed E-state index contributed by atoms with van der Waals surface area (Å²) in [6.45, 7) is -1.22. The molecule has 0 aliphatic heterocycles. The summed E-state index contributed by atoms with van der Waals surface area (Å²) in [6, 6.07) is 4.78. The molecule has 1 aromatic carbocycles. The van der Waals surface area contributed by atoms with Crippen LogP contribution in [-0.4, -0.2) is 40.8 Å². The summed E-state index contributed by atoms with van der Waals surface area (Å²) in [7, 11) is 0. The molecule has 2 N–H and O–H groups in total. The minimum absolute atomic E-state index is 0.0368. The number of carbonyl (C=O) groups excluding carboxylic acids is 3. The van der Waals surface area contributed by atoms with Crippen LogP contribution in [0.3, 0.4) is 0 Å². The maximum absolute atomic E-state index is 12.0. The fourth-order valence-electron chi connectivity index (χ4n) is 1.92. The SMILES string of the molecule is O=C(COC(=O)CNC(=O)c1ccc(Cl)c([N+](=O)[O-])c1)Nc1ncc(Cl)cc1Cl. The van der Waals surface area contributed by atoms with Crippen molar-refractivity contribution in [3.63, 3.8) is 0 Å². The molecule has 2 rings (SSSR count). The second-order valence-electron chi connectivity index (χ2n) is 5.30. The zero-order valence-electron chi connectivity index (χ0n) is 14.3. The number of ether oxygens (including phenoxy) is 1. The number of esters is 1. The molecule has 0 fully saturated rings. The minimum atomic E-state index is -0.910. The molecule has 152 valence electrons. The standard InChI is InChI=1S/C16H11Cl3N4O6/c17-9-4-11(19)15(20-5-9)22-13(24)7-29-14(25)6-21-16(26)8-1-2-10(18)12(3-8)23(27)28/h1-5H,6-7H2,(H,21,26)(H,20,22,24). The van der Waals surface area contributed by atoms with Gasteiger partial charge in [0.2, 0.25) is 0 Å². The van der Waals surface area contributed by atoms with Crippen molar-refractivity contribution < 1.29 is 24.0 Å². The lowest BCUT2D eigenvalue weighted by Gasteiger charge is -2.08. The van der Waals surface area contributed by atoms with E-state index in [9.17, 15) is 24.5 Å². The molecule has 0 aliphatic rings. The lowest BCUT2D eigenvalue weighted by molar-refractivity contribution is -0.384. The molecule has 0 atom stereocenters. The van der Waals surface area contributed by atoms with Gasteiger partial charge in [-0.1, -0.05) is 34.8 Å². The van der Waals surface area contributed by atoms with Gasteiger partial charge in [0.1, 0.15) is 11.6 Å². The molecule has 29 heavy (non-hydrogen) atoms. The second-order valence-corrected chi connectivity index (χ2v) is 6.55. The highest BCUT2D eigenvalue weighted by Crippen LogP contribution is 2.25. The van der Waals surface area contributed by atoms with Gasteiger partial charge in [-0.25, -0.2) is 4.98 Å². The molecule has 0 saturated heterocycles. The van der Waals surface area contributed by atoms with Gasteiger partial charge >= 0.3 is 5.97 Å². The van der Waals surface area contributed by atoms with Crippen LogP contribution < -0.4 is 10.6 Å². The van der Waals surface area contributed by atoms with E-state index in [0.29, 0.717) is 0 Å². The molecule has 0 radical (unpaired) electrons. The normalized spacial score (nSPS) is 10.2. The minimum Gasteiger partial charge on any atom is -0.454 e. The lowest BCUT2D eigenvalue weighted by atomic mass is 10.2. The molecule has 13 heteroatoms.